The molecule has 0 radical (unpaired) electrons. The summed E-state index contributed by atoms with van der Waals surface area (Å²) in [6.07, 6.45) is 2.09. The number of hydrogen-bond acceptors (Lipinski definition) is 5. The standard InChI is InChI=1S/C24H25Cl2N3O3/c25-19-7-3-1-5-17(19)21-15-22(18-6-2-4-8-20(18)26)29(27-21)23(30)16-28-11-9-24(10-12-28)31-13-14-32-24/h1-8,22H,9-16H2/t22-/m1/s1. The van der Waals surface area contributed by atoms with Crippen LogP contribution in [0.1, 0.15) is 36.4 Å². The Balaban J connectivity index is 1.36. The summed E-state index contributed by atoms with van der Waals surface area (Å²) in [5, 5.41) is 7.57. The third-order valence-electron chi connectivity index (χ3n) is 6.41. The first kappa shape index (κ1) is 21.9. The topological polar surface area (TPSA) is 54.4 Å². The number of ether oxygens (including phenoxy) is 2. The van der Waals surface area contributed by atoms with Gasteiger partial charge in [0, 0.05) is 48.0 Å². The van der Waals surface area contributed by atoms with Crippen molar-refractivity contribution in [3.8, 4) is 0 Å². The summed E-state index contributed by atoms with van der Waals surface area (Å²) in [4.78, 5) is 15.6. The number of benzene rings is 2. The molecule has 2 aromatic rings. The third-order valence-corrected chi connectivity index (χ3v) is 7.08. The van der Waals surface area contributed by atoms with Crippen LogP contribution >= 0.6 is 23.2 Å². The molecule has 2 saturated heterocycles. The Morgan fingerprint density at radius 1 is 1.00 bits per heavy atom. The molecular formula is C24H25Cl2N3O3. The summed E-state index contributed by atoms with van der Waals surface area (Å²) in [7, 11) is 0. The van der Waals surface area contributed by atoms with Crippen LogP contribution < -0.4 is 0 Å². The summed E-state index contributed by atoms with van der Waals surface area (Å²) in [6.45, 7) is 3.07. The summed E-state index contributed by atoms with van der Waals surface area (Å²) < 4.78 is 11.6. The highest BCUT2D eigenvalue weighted by atomic mass is 35.5. The Labute approximate surface area is 197 Å². The van der Waals surface area contributed by atoms with Gasteiger partial charge in [-0.15, -0.1) is 0 Å². The van der Waals surface area contributed by atoms with Crippen LogP contribution in [0.3, 0.4) is 0 Å². The summed E-state index contributed by atoms with van der Waals surface area (Å²) in [5.74, 6) is -0.510. The number of likely N-dealkylation sites (tertiary alicyclic amines) is 1. The maximum absolute atomic E-state index is 13.4. The molecule has 3 aliphatic rings. The second-order valence-corrected chi connectivity index (χ2v) is 9.20. The molecule has 0 bridgehead atoms. The number of hydrazone groups is 1. The number of piperidine rings is 1. The first-order valence-electron chi connectivity index (χ1n) is 10.9. The predicted molar refractivity (Wildman–Crippen MR) is 124 cm³/mol. The van der Waals surface area contributed by atoms with Crippen LogP contribution in [0.15, 0.2) is 53.6 Å². The molecule has 0 N–H and O–H groups in total. The minimum atomic E-state index is -0.456. The fourth-order valence-corrected chi connectivity index (χ4v) is 5.19. The highest BCUT2D eigenvalue weighted by molar-refractivity contribution is 6.34. The summed E-state index contributed by atoms with van der Waals surface area (Å²) in [5.41, 5.74) is 2.52. The van der Waals surface area contributed by atoms with Gasteiger partial charge in [-0.05, 0) is 17.7 Å². The average molecular weight is 474 g/mol. The highest BCUT2D eigenvalue weighted by Gasteiger charge is 2.41. The van der Waals surface area contributed by atoms with Crippen LogP contribution in [0.25, 0.3) is 0 Å². The molecule has 32 heavy (non-hydrogen) atoms. The number of carbonyl (C=O) groups is 1. The number of halogens is 2. The zero-order chi connectivity index (χ0) is 22.1. The van der Waals surface area contributed by atoms with Crippen molar-refractivity contribution in [1.29, 1.82) is 0 Å². The molecule has 1 amide bonds. The van der Waals surface area contributed by atoms with E-state index >= 15 is 0 Å². The third kappa shape index (κ3) is 4.30. The quantitative estimate of drug-likeness (QED) is 0.655. The fourth-order valence-electron chi connectivity index (χ4n) is 4.69. The van der Waals surface area contributed by atoms with Gasteiger partial charge in [0.05, 0.1) is 31.5 Å². The van der Waals surface area contributed by atoms with E-state index in [2.05, 4.69) is 4.90 Å². The van der Waals surface area contributed by atoms with Crippen LogP contribution in [0.5, 0.6) is 0 Å². The zero-order valence-electron chi connectivity index (χ0n) is 17.7. The lowest BCUT2D eigenvalue weighted by atomic mass is 9.98. The van der Waals surface area contributed by atoms with Gasteiger partial charge in [-0.1, -0.05) is 59.6 Å². The molecule has 2 aromatic carbocycles. The maximum atomic E-state index is 13.4. The number of hydrogen-bond donors (Lipinski definition) is 0. The molecule has 3 aliphatic heterocycles. The van der Waals surface area contributed by atoms with Gasteiger partial charge in [0.25, 0.3) is 5.91 Å². The molecule has 5 rings (SSSR count). The number of rotatable bonds is 4. The van der Waals surface area contributed by atoms with Crippen molar-refractivity contribution in [1.82, 2.24) is 9.91 Å². The van der Waals surface area contributed by atoms with E-state index in [0.29, 0.717) is 29.7 Å². The van der Waals surface area contributed by atoms with E-state index in [4.69, 9.17) is 37.8 Å². The summed E-state index contributed by atoms with van der Waals surface area (Å²) in [6, 6.07) is 14.9. The molecule has 0 aliphatic carbocycles. The Morgan fingerprint density at radius 2 is 1.66 bits per heavy atom. The summed E-state index contributed by atoms with van der Waals surface area (Å²) >= 11 is 12.9. The first-order chi connectivity index (χ1) is 15.5. The lowest BCUT2D eigenvalue weighted by Crippen LogP contribution is -2.48. The van der Waals surface area contributed by atoms with Gasteiger partial charge in [0.15, 0.2) is 5.79 Å². The minimum absolute atomic E-state index is 0.0545. The largest absolute Gasteiger partial charge is 0.347 e. The molecule has 1 atom stereocenters. The normalized spacial score (nSPS) is 23.0. The predicted octanol–water partition coefficient (Wildman–Crippen LogP) is 4.51. The van der Waals surface area contributed by atoms with Crippen molar-refractivity contribution >= 4 is 34.8 Å². The van der Waals surface area contributed by atoms with Crippen molar-refractivity contribution in [3.05, 3.63) is 69.7 Å². The van der Waals surface area contributed by atoms with Gasteiger partial charge >= 0.3 is 0 Å². The molecule has 6 nitrogen and oxygen atoms in total. The van der Waals surface area contributed by atoms with Crippen LogP contribution in [-0.2, 0) is 14.3 Å². The van der Waals surface area contributed by atoms with Gasteiger partial charge in [0.1, 0.15) is 0 Å². The van der Waals surface area contributed by atoms with E-state index in [1.54, 1.807) is 5.01 Å². The molecule has 0 saturated carbocycles. The fraction of sp³-hybridized carbons (Fsp3) is 0.417. The second kappa shape index (κ2) is 9.12. The van der Waals surface area contributed by atoms with Crippen molar-refractivity contribution in [3.63, 3.8) is 0 Å². The van der Waals surface area contributed by atoms with Gasteiger partial charge in [-0.2, -0.15) is 5.10 Å². The number of nitrogens with zero attached hydrogens (tertiary/aromatic N) is 3. The SMILES string of the molecule is O=C(CN1CCC2(CC1)OCCO2)N1N=C(c2ccccc2Cl)C[C@@H]1c1ccccc1Cl. The van der Waals surface area contributed by atoms with Gasteiger partial charge in [0.2, 0.25) is 0 Å². The Kier molecular flexibility index (Phi) is 6.23. The van der Waals surface area contributed by atoms with E-state index in [9.17, 15) is 4.79 Å². The zero-order valence-corrected chi connectivity index (χ0v) is 19.2. The van der Waals surface area contributed by atoms with Crippen molar-refractivity contribution in [2.24, 2.45) is 5.10 Å². The molecule has 8 heteroatoms. The van der Waals surface area contributed by atoms with E-state index < -0.39 is 5.79 Å². The van der Waals surface area contributed by atoms with Gasteiger partial charge < -0.3 is 9.47 Å². The average Bonchev–Trinajstić information content (AvgIpc) is 3.44. The number of carbonyl (C=O) groups excluding carboxylic acids is 1. The van der Waals surface area contributed by atoms with Crippen LogP contribution in [0.4, 0.5) is 0 Å². The molecule has 1 spiro atoms. The Bertz CT molecular complexity index is 1030. The van der Waals surface area contributed by atoms with Crippen molar-refractivity contribution in [2.45, 2.75) is 31.1 Å². The molecular weight excluding hydrogens is 449 g/mol. The monoisotopic (exact) mass is 473 g/mol. The lowest BCUT2D eigenvalue weighted by Gasteiger charge is -2.37. The molecule has 2 fully saturated rings. The number of amides is 1. The van der Waals surface area contributed by atoms with Gasteiger partial charge in [-0.3, -0.25) is 9.69 Å². The minimum Gasteiger partial charge on any atom is -0.347 e. The van der Waals surface area contributed by atoms with E-state index in [-0.39, 0.29) is 18.5 Å². The maximum Gasteiger partial charge on any atom is 0.257 e. The smallest absolute Gasteiger partial charge is 0.257 e. The molecule has 168 valence electrons. The van der Waals surface area contributed by atoms with E-state index in [1.165, 1.54) is 0 Å². The highest BCUT2D eigenvalue weighted by Crippen LogP contribution is 2.38. The van der Waals surface area contributed by atoms with Gasteiger partial charge in [-0.25, -0.2) is 5.01 Å². The molecule has 0 unspecified atom stereocenters. The second-order valence-electron chi connectivity index (χ2n) is 8.39. The van der Waals surface area contributed by atoms with Crippen LogP contribution in [0, 0.1) is 0 Å². The van der Waals surface area contributed by atoms with Crippen molar-refractivity contribution in [2.75, 3.05) is 32.8 Å². The Hall–Kier alpha value is -1.96. The molecule has 0 aromatic heterocycles. The van der Waals surface area contributed by atoms with Crippen molar-refractivity contribution < 1.29 is 14.3 Å². The molecule has 3 heterocycles. The van der Waals surface area contributed by atoms with Crippen LogP contribution in [0.2, 0.25) is 10.0 Å². The Morgan fingerprint density at radius 3 is 2.34 bits per heavy atom. The lowest BCUT2D eigenvalue weighted by molar-refractivity contribution is -0.186. The first-order valence-corrected chi connectivity index (χ1v) is 11.7. The van der Waals surface area contributed by atoms with Crippen LogP contribution in [-0.4, -0.2) is 60.2 Å². The van der Waals surface area contributed by atoms with E-state index in [1.807, 2.05) is 48.5 Å². The van der Waals surface area contributed by atoms with E-state index in [0.717, 1.165) is 42.8 Å².